The SMILES string of the molecule is Cc1ccc(CN(Cc2ccccc2)C(=O)CN(C(=O)Nc2cc(C(F)(F)F)cc(C(F)(F)F)c2)C(C)C)o1. The Bertz CT molecular complexity index is 1250. The molecule has 1 N–H and O–H groups in total. The van der Waals surface area contributed by atoms with Gasteiger partial charge >= 0.3 is 18.4 Å². The van der Waals surface area contributed by atoms with Crippen LogP contribution in [0.15, 0.2) is 65.1 Å². The number of nitrogens with zero attached hydrogens (tertiary/aromatic N) is 2. The van der Waals surface area contributed by atoms with Crippen molar-refractivity contribution in [3.05, 3.63) is 88.9 Å². The summed E-state index contributed by atoms with van der Waals surface area (Å²) in [5.74, 6) is 0.636. The zero-order valence-corrected chi connectivity index (χ0v) is 21.4. The molecule has 1 aromatic heterocycles. The molecule has 0 saturated carbocycles. The number of hydrogen-bond donors (Lipinski definition) is 1. The summed E-state index contributed by atoms with van der Waals surface area (Å²) < 4.78 is 85.0. The number of amides is 3. The molecule has 0 aliphatic heterocycles. The van der Waals surface area contributed by atoms with Gasteiger partial charge in [-0.1, -0.05) is 30.3 Å². The molecule has 3 aromatic rings. The first-order valence-electron chi connectivity index (χ1n) is 11.9. The normalized spacial score (nSPS) is 11.9. The highest BCUT2D eigenvalue weighted by Gasteiger charge is 2.37. The van der Waals surface area contributed by atoms with Crippen LogP contribution in [0.3, 0.4) is 0 Å². The Labute approximate surface area is 221 Å². The number of carbonyl (C=O) groups excluding carboxylic acids is 2. The van der Waals surface area contributed by atoms with Crippen LogP contribution in [-0.4, -0.2) is 34.3 Å². The molecule has 0 bridgehead atoms. The number of urea groups is 1. The first-order valence-corrected chi connectivity index (χ1v) is 11.9. The number of benzene rings is 2. The van der Waals surface area contributed by atoms with Gasteiger partial charge in [0.15, 0.2) is 0 Å². The molecule has 39 heavy (non-hydrogen) atoms. The van der Waals surface area contributed by atoms with E-state index in [1.54, 1.807) is 45.0 Å². The molecule has 0 saturated heterocycles. The van der Waals surface area contributed by atoms with E-state index >= 15 is 0 Å². The van der Waals surface area contributed by atoms with Gasteiger partial charge in [0.25, 0.3) is 0 Å². The van der Waals surface area contributed by atoms with E-state index in [1.807, 2.05) is 18.2 Å². The maximum Gasteiger partial charge on any atom is 0.416 e. The Hall–Kier alpha value is -3.96. The van der Waals surface area contributed by atoms with E-state index < -0.39 is 53.7 Å². The minimum atomic E-state index is -5.07. The molecule has 3 rings (SSSR count). The molecule has 210 valence electrons. The molecule has 0 aliphatic rings. The van der Waals surface area contributed by atoms with Crippen LogP contribution in [0.2, 0.25) is 0 Å². The van der Waals surface area contributed by atoms with Crippen LogP contribution in [0.4, 0.5) is 36.8 Å². The Morgan fingerprint density at radius 3 is 1.95 bits per heavy atom. The van der Waals surface area contributed by atoms with Crippen molar-refractivity contribution in [3.8, 4) is 0 Å². The number of carbonyl (C=O) groups is 2. The smallest absolute Gasteiger partial charge is 0.416 e. The molecule has 6 nitrogen and oxygen atoms in total. The number of furan rings is 1. The predicted octanol–water partition coefficient (Wildman–Crippen LogP) is 7.10. The molecule has 0 radical (unpaired) electrons. The van der Waals surface area contributed by atoms with E-state index in [0.717, 1.165) is 10.5 Å². The van der Waals surface area contributed by atoms with E-state index in [9.17, 15) is 35.9 Å². The number of anilines is 1. The van der Waals surface area contributed by atoms with Crippen LogP contribution in [-0.2, 0) is 30.2 Å². The van der Waals surface area contributed by atoms with Crippen molar-refractivity contribution < 1.29 is 40.3 Å². The topological polar surface area (TPSA) is 65.8 Å². The van der Waals surface area contributed by atoms with E-state index in [-0.39, 0.29) is 19.2 Å². The summed E-state index contributed by atoms with van der Waals surface area (Å²) in [6, 6.07) is 11.6. The zero-order valence-electron chi connectivity index (χ0n) is 21.4. The van der Waals surface area contributed by atoms with Gasteiger partial charge in [0, 0.05) is 18.3 Å². The second-order valence-corrected chi connectivity index (χ2v) is 9.19. The quantitative estimate of drug-likeness (QED) is 0.302. The van der Waals surface area contributed by atoms with Crippen LogP contribution >= 0.6 is 0 Å². The van der Waals surface area contributed by atoms with E-state index in [0.29, 0.717) is 23.7 Å². The molecular formula is C27H27F6N3O3. The van der Waals surface area contributed by atoms with Crippen molar-refractivity contribution in [2.45, 2.75) is 52.3 Å². The lowest BCUT2D eigenvalue weighted by atomic mass is 10.1. The maximum atomic E-state index is 13.4. The van der Waals surface area contributed by atoms with E-state index in [4.69, 9.17) is 4.42 Å². The first kappa shape index (κ1) is 29.6. The first-order chi connectivity index (χ1) is 18.1. The van der Waals surface area contributed by atoms with Crippen LogP contribution in [0.1, 0.15) is 42.1 Å². The van der Waals surface area contributed by atoms with Gasteiger partial charge in [0.2, 0.25) is 5.91 Å². The highest BCUT2D eigenvalue weighted by atomic mass is 19.4. The Kier molecular flexibility index (Phi) is 8.98. The average Bonchev–Trinajstić information content (AvgIpc) is 3.25. The molecule has 0 atom stereocenters. The summed E-state index contributed by atoms with van der Waals surface area (Å²) in [7, 11) is 0. The molecule has 0 fully saturated rings. The van der Waals surface area contributed by atoms with Gasteiger partial charge in [-0.25, -0.2) is 4.79 Å². The summed E-state index contributed by atoms with van der Waals surface area (Å²) in [6.45, 7) is 4.65. The number of halogens is 6. The molecule has 12 heteroatoms. The van der Waals surface area contributed by atoms with Gasteiger partial charge in [-0.2, -0.15) is 26.3 Å². The molecule has 0 spiro atoms. The highest BCUT2D eigenvalue weighted by molar-refractivity contribution is 5.92. The average molecular weight is 556 g/mol. The number of alkyl halides is 6. The Morgan fingerprint density at radius 2 is 1.46 bits per heavy atom. The minimum Gasteiger partial charge on any atom is -0.464 e. The molecule has 3 amide bonds. The molecule has 1 heterocycles. The standard InChI is InChI=1S/C27H27F6N3O3/c1-17(2)36(25(38)34-22-12-20(26(28,29)30)11-21(13-22)27(31,32)33)16-24(37)35(14-19-7-5-4-6-8-19)15-23-10-9-18(3)39-23/h4-13,17H,14-16H2,1-3H3,(H,34,38). The lowest BCUT2D eigenvalue weighted by Crippen LogP contribution is -2.47. The molecule has 0 unspecified atom stereocenters. The maximum absolute atomic E-state index is 13.4. The van der Waals surface area contributed by atoms with Gasteiger partial charge in [0.05, 0.1) is 17.7 Å². The van der Waals surface area contributed by atoms with Gasteiger partial charge in [-0.15, -0.1) is 0 Å². The van der Waals surface area contributed by atoms with Gasteiger partial charge in [0.1, 0.15) is 18.1 Å². The number of aryl methyl sites for hydroxylation is 1. The molecular weight excluding hydrogens is 528 g/mol. The lowest BCUT2D eigenvalue weighted by molar-refractivity contribution is -0.143. The van der Waals surface area contributed by atoms with E-state index in [2.05, 4.69) is 5.32 Å². The van der Waals surface area contributed by atoms with Crippen molar-refractivity contribution in [3.63, 3.8) is 0 Å². The molecule has 0 aliphatic carbocycles. The van der Waals surface area contributed by atoms with Crippen LogP contribution in [0, 0.1) is 6.92 Å². The number of hydrogen-bond acceptors (Lipinski definition) is 3. The summed E-state index contributed by atoms with van der Waals surface area (Å²) >= 11 is 0. The third-order valence-corrected chi connectivity index (χ3v) is 5.74. The highest BCUT2D eigenvalue weighted by Crippen LogP contribution is 2.37. The third-order valence-electron chi connectivity index (χ3n) is 5.74. The zero-order chi connectivity index (χ0) is 29.0. The summed E-state index contributed by atoms with van der Waals surface area (Å²) in [5, 5.41) is 2.09. The van der Waals surface area contributed by atoms with Gasteiger partial charge in [-0.3, -0.25) is 4.79 Å². The lowest BCUT2D eigenvalue weighted by Gasteiger charge is -2.30. The van der Waals surface area contributed by atoms with Crippen LogP contribution in [0.5, 0.6) is 0 Å². The van der Waals surface area contributed by atoms with Gasteiger partial charge in [-0.05, 0) is 56.7 Å². The second-order valence-electron chi connectivity index (χ2n) is 9.19. The molecule has 2 aromatic carbocycles. The monoisotopic (exact) mass is 555 g/mol. The van der Waals surface area contributed by atoms with Crippen LogP contribution < -0.4 is 5.32 Å². The van der Waals surface area contributed by atoms with Gasteiger partial charge < -0.3 is 19.5 Å². The largest absolute Gasteiger partial charge is 0.464 e. The van der Waals surface area contributed by atoms with Crippen molar-refractivity contribution in [1.82, 2.24) is 9.80 Å². The second kappa shape index (κ2) is 11.8. The van der Waals surface area contributed by atoms with Crippen LogP contribution in [0.25, 0.3) is 0 Å². The van der Waals surface area contributed by atoms with Crippen molar-refractivity contribution in [2.75, 3.05) is 11.9 Å². The van der Waals surface area contributed by atoms with Crippen molar-refractivity contribution in [2.24, 2.45) is 0 Å². The summed E-state index contributed by atoms with van der Waals surface area (Å²) in [5.41, 5.74) is -3.03. The fourth-order valence-corrected chi connectivity index (χ4v) is 3.75. The van der Waals surface area contributed by atoms with E-state index in [1.165, 1.54) is 4.90 Å². The Morgan fingerprint density at radius 1 is 0.872 bits per heavy atom. The predicted molar refractivity (Wildman–Crippen MR) is 131 cm³/mol. The number of rotatable bonds is 8. The van der Waals surface area contributed by atoms with Crippen molar-refractivity contribution in [1.29, 1.82) is 0 Å². The minimum absolute atomic E-state index is 0.0306. The Balaban J connectivity index is 1.84. The van der Waals surface area contributed by atoms with Crippen molar-refractivity contribution >= 4 is 17.6 Å². The third kappa shape index (κ3) is 8.26. The fraction of sp³-hybridized carbons (Fsp3) is 0.333. The summed E-state index contributed by atoms with van der Waals surface area (Å²) in [4.78, 5) is 28.9. The number of nitrogens with one attached hydrogen (secondary N) is 1. The fourth-order valence-electron chi connectivity index (χ4n) is 3.75. The summed E-state index contributed by atoms with van der Waals surface area (Å²) in [6.07, 6.45) is -10.1.